The zero-order chi connectivity index (χ0) is 21.5. The van der Waals surface area contributed by atoms with Gasteiger partial charge < -0.3 is 19.5 Å². The van der Waals surface area contributed by atoms with Crippen molar-refractivity contribution in [2.24, 2.45) is 18.0 Å². The zero-order valence-corrected chi connectivity index (χ0v) is 19.0. The van der Waals surface area contributed by atoms with Crippen molar-refractivity contribution >= 4 is 5.96 Å². The van der Waals surface area contributed by atoms with E-state index >= 15 is 0 Å². The Morgan fingerprint density at radius 1 is 1.10 bits per heavy atom. The van der Waals surface area contributed by atoms with E-state index in [1.54, 1.807) is 0 Å². The van der Waals surface area contributed by atoms with Crippen molar-refractivity contribution in [2.75, 3.05) is 19.7 Å². The minimum Gasteiger partial charge on any atom is -0.378 e. The van der Waals surface area contributed by atoms with Gasteiger partial charge in [0.2, 0.25) is 0 Å². The first kappa shape index (κ1) is 21.8. The summed E-state index contributed by atoms with van der Waals surface area (Å²) in [5.41, 5.74) is 1.21. The highest BCUT2D eigenvalue weighted by Gasteiger charge is 2.24. The molecule has 0 spiro atoms. The quantitative estimate of drug-likeness (QED) is 0.545. The molecule has 0 amide bonds. The summed E-state index contributed by atoms with van der Waals surface area (Å²) in [5.74, 6) is 3.57. The predicted octanol–water partition coefficient (Wildman–Crippen LogP) is 3.44. The van der Waals surface area contributed by atoms with E-state index in [1.807, 2.05) is 24.6 Å². The molecule has 0 bridgehead atoms. The molecule has 0 unspecified atom stereocenters. The number of guanidine groups is 1. The van der Waals surface area contributed by atoms with Crippen molar-refractivity contribution < 1.29 is 4.74 Å². The van der Waals surface area contributed by atoms with Gasteiger partial charge >= 0.3 is 0 Å². The predicted molar refractivity (Wildman–Crippen MR) is 123 cm³/mol. The lowest BCUT2D eigenvalue weighted by atomic mass is 10.1. The van der Waals surface area contributed by atoms with Gasteiger partial charge in [0.25, 0.3) is 0 Å². The summed E-state index contributed by atoms with van der Waals surface area (Å²) in [6.07, 6.45) is 7.95. The number of aromatic nitrogens is 3. The number of nitrogens with zero attached hydrogens (tertiary/aromatic N) is 5. The van der Waals surface area contributed by atoms with Gasteiger partial charge in [0.05, 0.1) is 19.2 Å². The van der Waals surface area contributed by atoms with E-state index in [9.17, 15) is 0 Å². The molecule has 1 aromatic heterocycles. The molecule has 4 rings (SSSR count). The molecule has 2 aromatic rings. The highest BCUT2D eigenvalue weighted by atomic mass is 16.5. The maximum Gasteiger partial charge on any atom is 0.194 e. The summed E-state index contributed by atoms with van der Waals surface area (Å²) < 4.78 is 8.28. The average molecular weight is 425 g/mol. The van der Waals surface area contributed by atoms with Crippen LogP contribution in [0.5, 0.6) is 0 Å². The van der Waals surface area contributed by atoms with E-state index in [0.717, 1.165) is 56.1 Å². The van der Waals surface area contributed by atoms with Crippen LogP contribution in [0.15, 0.2) is 35.3 Å². The van der Waals surface area contributed by atoms with Gasteiger partial charge in [0, 0.05) is 26.7 Å². The van der Waals surface area contributed by atoms with Gasteiger partial charge in [-0.3, -0.25) is 0 Å². The maximum atomic E-state index is 6.26. The molecule has 1 saturated heterocycles. The smallest absolute Gasteiger partial charge is 0.194 e. The van der Waals surface area contributed by atoms with Crippen LogP contribution >= 0.6 is 0 Å². The van der Waals surface area contributed by atoms with E-state index in [4.69, 9.17) is 9.73 Å². The third-order valence-electron chi connectivity index (χ3n) is 6.63. The molecule has 2 fully saturated rings. The SMILES string of the molecule is Cc1nnc(CNC(=NCc2ccccc2)N2CCC(OCC3CCCC3)CC2)n1C. The van der Waals surface area contributed by atoms with Gasteiger partial charge in [-0.15, -0.1) is 10.2 Å². The monoisotopic (exact) mass is 424 g/mol. The number of likely N-dealkylation sites (tertiary alicyclic amines) is 1. The van der Waals surface area contributed by atoms with Crippen LogP contribution in [0.3, 0.4) is 0 Å². The summed E-state index contributed by atoms with van der Waals surface area (Å²) >= 11 is 0. The Morgan fingerprint density at radius 2 is 1.84 bits per heavy atom. The number of aryl methyl sites for hydroxylation is 1. The molecule has 168 valence electrons. The van der Waals surface area contributed by atoms with Gasteiger partial charge in [0.15, 0.2) is 11.8 Å². The first-order chi connectivity index (χ1) is 15.2. The van der Waals surface area contributed by atoms with Crippen molar-refractivity contribution in [1.82, 2.24) is 25.0 Å². The molecule has 2 aliphatic rings. The van der Waals surface area contributed by atoms with Crippen molar-refractivity contribution in [3.63, 3.8) is 0 Å². The fourth-order valence-electron chi connectivity index (χ4n) is 4.46. The van der Waals surface area contributed by atoms with Gasteiger partial charge in [-0.2, -0.15) is 0 Å². The van der Waals surface area contributed by atoms with E-state index in [-0.39, 0.29) is 0 Å². The lowest BCUT2D eigenvalue weighted by Gasteiger charge is -2.34. The molecule has 7 heteroatoms. The molecule has 1 aromatic carbocycles. The van der Waals surface area contributed by atoms with Crippen LogP contribution in [0.2, 0.25) is 0 Å². The van der Waals surface area contributed by atoms with Gasteiger partial charge in [-0.05, 0) is 44.1 Å². The molecule has 1 aliphatic carbocycles. The van der Waals surface area contributed by atoms with Crippen molar-refractivity contribution in [1.29, 1.82) is 0 Å². The third-order valence-corrected chi connectivity index (χ3v) is 6.63. The highest BCUT2D eigenvalue weighted by Crippen LogP contribution is 2.26. The minimum atomic E-state index is 0.383. The lowest BCUT2D eigenvalue weighted by molar-refractivity contribution is 0.000977. The van der Waals surface area contributed by atoms with E-state index in [1.165, 1.54) is 31.2 Å². The number of hydrogen-bond donors (Lipinski definition) is 1. The number of nitrogens with one attached hydrogen (secondary N) is 1. The molecule has 1 N–H and O–H groups in total. The first-order valence-corrected chi connectivity index (χ1v) is 11.7. The number of benzene rings is 1. The molecular weight excluding hydrogens is 388 g/mol. The number of piperidine rings is 1. The van der Waals surface area contributed by atoms with Crippen LogP contribution in [0.4, 0.5) is 0 Å². The second-order valence-electron chi connectivity index (χ2n) is 8.87. The van der Waals surface area contributed by atoms with Crippen molar-refractivity contribution in [3.05, 3.63) is 47.5 Å². The van der Waals surface area contributed by atoms with E-state index in [0.29, 0.717) is 19.2 Å². The molecule has 1 saturated carbocycles. The van der Waals surface area contributed by atoms with Gasteiger partial charge in [0.1, 0.15) is 5.82 Å². The summed E-state index contributed by atoms with van der Waals surface area (Å²) in [5, 5.41) is 12.0. The molecule has 0 radical (unpaired) electrons. The van der Waals surface area contributed by atoms with E-state index in [2.05, 4.69) is 44.7 Å². The highest BCUT2D eigenvalue weighted by molar-refractivity contribution is 5.80. The summed E-state index contributed by atoms with van der Waals surface area (Å²) in [4.78, 5) is 7.30. The fourth-order valence-corrected chi connectivity index (χ4v) is 4.46. The Balaban J connectivity index is 1.34. The normalized spacial score (nSPS) is 18.6. The van der Waals surface area contributed by atoms with E-state index < -0.39 is 0 Å². The maximum absolute atomic E-state index is 6.26. The zero-order valence-electron chi connectivity index (χ0n) is 19.0. The second-order valence-corrected chi connectivity index (χ2v) is 8.87. The van der Waals surface area contributed by atoms with Crippen molar-refractivity contribution in [2.45, 2.75) is 64.6 Å². The molecular formula is C24H36N6O. The Labute approximate surface area is 185 Å². The minimum absolute atomic E-state index is 0.383. The van der Waals surface area contributed by atoms with Crippen molar-refractivity contribution in [3.8, 4) is 0 Å². The van der Waals surface area contributed by atoms with Crippen LogP contribution in [0.1, 0.15) is 55.7 Å². The Morgan fingerprint density at radius 3 is 2.52 bits per heavy atom. The molecule has 1 aliphatic heterocycles. The largest absolute Gasteiger partial charge is 0.378 e. The summed E-state index contributed by atoms with van der Waals surface area (Å²) in [6, 6.07) is 10.4. The number of hydrogen-bond acceptors (Lipinski definition) is 4. The molecule has 31 heavy (non-hydrogen) atoms. The number of ether oxygens (including phenoxy) is 1. The Bertz CT molecular complexity index is 835. The van der Waals surface area contributed by atoms with Crippen LogP contribution in [0.25, 0.3) is 0 Å². The molecule has 7 nitrogen and oxygen atoms in total. The standard InChI is InChI=1S/C24H36N6O/c1-19-27-28-23(29(19)2)17-26-24(25-16-20-8-4-3-5-9-20)30-14-12-22(13-15-30)31-18-21-10-6-7-11-21/h3-5,8-9,21-22H,6-7,10-18H2,1-2H3,(H,25,26). The number of aliphatic imine (C=N–C) groups is 1. The second kappa shape index (κ2) is 10.8. The number of rotatable bonds is 7. The van der Waals surface area contributed by atoms with Gasteiger partial charge in [-0.1, -0.05) is 43.2 Å². The lowest BCUT2D eigenvalue weighted by Crippen LogP contribution is -2.47. The molecule has 0 atom stereocenters. The van der Waals surface area contributed by atoms with Crippen LogP contribution in [-0.2, 0) is 24.9 Å². The van der Waals surface area contributed by atoms with Crippen LogP contribution in [0, 0.1) is 12.8 Å². The Hall–Kier alpha value is -2.41. The fraction of sp³-hybridized carbons (Fsp3) is 0.625. The van der Waals surface area contributed by atoms with Crippen LogP contribution in [-0.4, -0.2) is 51.4 Å². The molecule has 2 heterocycles. The average Bonchev–Trinajstić information content (AvgIpc) is 3.44. The van der Waals surface area contributed by atoms with Crippen LogP contribution < -0.4 is 5.32 Å². The summed E-state index contributed by atoms with van der Waals surface area (Å²) in [6.45, 7) is 6.13. The topological polar surface area (TPSA) is 67.6 Å². The Kier molecular flexibility index (Phi) is 7.57. The first-order valence-electron chi connectivity index (χ1n) is 11.7. The third kappa shape index (κ3) is 6.06. The summed E-state index contributed by atoms with van der Waals surface area (Å²) in [7, 11) is 2.00. The van der Waals surface area contributed by atoms with Gasteiger partial charge in [-0.25, -0.2) is 4.99 Å².